The van der Waals surface area contributed by atoms with E-state index in [2.05, 4.69) is 23.0 Å². The second kappa shape index (κ2) is 6.23. The monoisotopic (exact) mass is 323 g/mol. The summed E-state index contributed by atoms with van der Waals surface area (Å²) in [7, 11) is 0. The van der Waals surface area contributed by atoms with Gasteiger partial charge in [0.25, 0.3) is 5.91 Å². The summed E-state index contributed by atoms with van der Waals surface area (Å²) < 4.78 is 6.02. The fraction of sp³-hybridized carbons (Fsp3) is 0.421. The molecule has 0 spiro atoms. The molecule has 1 aromatic heterocycles. The van der Waals surface area contributed by atoms with Gasteiger partial charge in [0.05, 0.1) is 18.7 Å². The number of benzene rings is 1. The molecule has 0 radical (unpaired) electrons. The van der Waals surface area contributed by atoms with E-state index >= 15 is 0 Å². The van der Waals surface area contributed by atoms with E-state index in [-0.39, 0.29) is 12.0 Å². The molecule has 5 nitrogen and oxygen atoms in total. The molecule has 1 aliphatic heterocycles. The van der Waals surface area contributed by atoms with Gasteiger partial charge in [-0.05, 0) is 30.9 Å². The van der Waals surface area contributed by atoms with E-state index in [9.17, 15) is 4.79 Å². The zero-order chi connectivity index (χ0) is 16.5. The maximum absolute atomic E-state index is 12.4. The maximum Gasteiger partial charge on any atom is 0.257 e. The zero-order valence-corrected chi connectivity index (χ0v) is 13.8. The third-order valence-electron chi connectivity index (χ3n) is 4.64. The van der Waals surface area contributed by atoms with E-state index in [4.69, 9.17) is 4.74 Å². The lowest BCUT2D eigenvalue weighted by molar-refractivity contribution is 0.0174. The van der Waals surface area contributed by atoms with Gasteiger partial charge in [0.15, 0.2) is 0 Å². The Balaban J connectivity index is 1.34. The maximum atomic E-state index is 12.4. The van der Waals surface area contributed by atoms with Crippen molar-refractivity contribution in [3.8, 4) is 5.75 Å². The molecule has 0 N–H and O–H groups in total. The molecule has 4 rings (SSSR count). The van der Waals surface area contributed by atoms with Crippen LogP contribution < -0.4 is 4.74 Å². The van der Waals surface area contributed by atoms with Crippen LogP contribution >= 0.6 is 0 Å². The molecule has 24 heavy (non-hydrogen) atoms. The Hall–Kier alpha value is -2.43. The highest BCUT2D eigenvalue weighted by Crippen LogP contribution is 2.37. The van der Waals surface area contributed by atoms with Crippen LogP contribution in [-0.2, 0) is 6.42 Å². The Morgan fingerprint density at radius 3 is 2.58 bits per heavy atom. The molecule has 1 amide bonds. The van der Waals surface area contributed by atoms with E-state index < -0.39 is 0 Å². The number of likely N-dealkylation sites (tertiary alicyclic amines) is 1. The van der Waals surface area contributed by atoms with Crippen molar-refractivity contribution in [2.24, 2.45) is 0 Å². The molecule has 1 saturated heterocycles. The second-order valence-electron chi connectivity index (χ2n) is 6.52. The van der Waals surface area contributed by atoms with Crippen LogP contribution in [0.2, 0.25) is 0 Å². The summed E-state index contributed by atoms with van der Waals surface area (Å²) in [6.45, 7) is 3.34. The average Bonchev–Trinajstić information content (AvgIpc) is 3.43. The number of carbonyl (C=O) groups excluding carboxylic acids is 1. The minimum atomic E-state index is -0.0130. The van der Waals surface area contributed by atoms with Crippen LogP contribution in [0.15, 0.2) is 36.7 Å². The molecule has 2 fully saturated rings. The van der Waals surface area contributed by atoms with Gasteiger partial charge >= 0.3 is 0 Å². The van der Waals surface area contributed by atoms with Crippen molar-refractivity contribution in [3.63, 3.8) is 0 Å². The quantitative estimate of drug-likeness (QED) is 0.849. The zero-order valence-electron chi connectivity index (χ0n) is 13.8. The highest BCUT2D eigenvalue weighted by Gasteiger charge is 2.34. The lowest BCUT2D eigenvalue weighted by Crippen LogP contribution is -2.56. The van der Waals surface area contributed by atoms with Crippen molar-refractivity contribution in [1.82, 2.24) is 14.9 Å². The van der Waals surface area contributed by atoms with Crippen LogP contribution in [0, 0.1) is 0 Å². The van der Waals surface area contributed by atoms with Crippen molar-refractivity contribution in [3.05, 3.63) is 53.6 Å². The van der Waals surface area contributed by atoms with E-state index in [1.807, 2.05) is 18.2 Å². The number of para-hydroxylation sites is 1. The van der Waals surface area contributed by atoms with Gasteiger partial charge in [-0.3, -0.25) is 4.79 Å². The lowest BCUT2D eigenvalue weighted by atomic mass is 10.1. The average molecular weight is 323 g/mol. The molecular weight excluding hydrogens is 302 g/mol. The van der Waals surface area contributed by atoms with Crippen molar-refractivity contribution in [2.45, 2.75) is 38.2 Å². The Labute approximate surface area is 141 Å². The summed E-state index contributed by atoms with van der Waals surface area (Å²) in [5.74, 6) is 2.29. The van der Waals surface area contributed by atoms with Crippen LogP contribution in [-0.4, -0.2) is 40.0 Å². The third kappa shape index (κ3) is 2.98. The van der Waals surface area contributed by atoms with Gasteiger partial charge in [0.1, 0.15) is 17.7 Å². The molecule has 2 aromatic rings. The predicted octanol–water partition coefficient (Wildman–Crippen LogP) is 2.82. The fourth-order valence-corrected chi connectivity index (χ4v) is 2.95. The lowest BCUT2D eigenvalue weighted by Gasteiger charge is -2.39. The molecule has 1 saturated carbocycles. The highest BCUT2D eigenvalue weighted by atomic mass is 16.5. The van der Waals surface area contributed by atoms with E-state index in [1.165, 1.54) is 5.56 Å². The van der Waals surface area contributed by atoms with E-state index in [0.717, 1.165) is 30.8 Å². The molecule has 2 heterocycles. The first-order valence-electron chi connectivity index (χ1n) is 8.60. The summed E-state index contributed by atoms with van der Waals surface area (Å²) in [5.41, 5.74) is 1.76. The summed E-state index contributed by atoms with van der Waals surface area (Å²) in [6.07, 6.45) is 6.65. The Morgan fingerprint density at radius 1 is 1.21 bits per heavy atom. The van der Waals surface area contributed by atoms with Crippen LogP contribution in [0.3, 0.4) is 0 Å². The number of carbonyl (C=O) groups is 1. The number of rotatable bonds is 5. The highest BCUT2D eigenvalue weighted by molar-refractivity contribution is 5.94. The van der Waals surface area contributed by atoms with Gasteiger partial charge in [-0.2, -0.15) is 0 Å². The normalized spacial score (nSPS) is 17.5. The van der Waals surface area contributed by atoms with Gasteiger partial charge in [0.2, 0.25) is 0 Å². The number of ether oxygens (including phenoxy) is 1. The Bertz CT molecular complexity index is 735. The van der Waals surface area contributed by atoms with Gasteiger partial charge < -0.3 is 9.64 Å². The van der Waals surface area contributed by atoms with Crippen molar-refractivity contribution in [2.75, 3.05) is 13.1 Å². The molecule has 2 aliphatic rings. The number of amides is 1. The minimum Gasteiger partial charge on any atom is -0.486 e. The summed E-state index contributed by atoms with van der Waals surface area (Å²) in [5, 5.41) is 0. The molecule has 124 valence electrons. The summed E-state index contributed by atoms with van der Waals surface area (Å²) >= 11 is 0. The SMILES string of the molecule is CCc1ccccc1OC1CN(C(=O)c2cnc(C3CC3)nc2)C1. The number of hydrogen-bond donors (Lipinski definition) is 0. The van der Waals surface area contributed by atoms with Crippen LogP contribution in [0.4, 0.5) is 0 Å². The largest absolute Gasteiger partial charge is 0.486 e. The van der Waals surface area contributed by atoms with Crippen LogP contribution in [0.25, 0.3) is 0 Å². The summed E-state index contributed by atoms with van der Waals surface area (Å²) in [4.78, 5) is 22.9. The second-order valence-corrected chi connectivity index (χ2v) is 6.52. The van der Waals surface area contributed by atoms with Gasteiger partial charge in [-0.15, -0.1) is 0 Å². The summed E-state index contributed by atoms with van der Waals surface area (Å²) in [6, 6.07) is 8.08. The first-order chi connectivity index (χ1) is 11.7. The molecule has 0 bridgehead atoms. The molecule has 0 unspecified atom stereocenters. The topological polar surface area (TPSA) is 55.3 Å². The van der Waals surface area contributed by atoms with Gasteiger partial charge in [-0.25, -0.2) is 9.97 Å². The number of nitrogens with zero attached hydrogens (tertiary/aromatic N) is 3. The van der Waals surface area contributed by atoms with Gasteiger partial charge in [0, 0.05) is 18.3 Å². The molecule has 5 heteroatoms. The number of hydrogen-bond acceptors (Lipinski definition) is 4. The van der Waals surface area contributed by atoms with Crippen molar-refractivity contribution in [1.29, 1.82) is 0 Å². The smallest absolute Gasteiger partial charge is 0.257 e. The minimum absolute atomic E-state index is 0.0130. The van der Waals surface area contributed by atoms with Crippen LogP contribution in [0.5, 0.6) is 5.75 Å². The van der Waals surface area contributed by atoms with E-state index in [0.29, 0.717) is 24.6 Å². The molecule has 1 aromatic carbocycles. The fourth-order valence-electron chi connectivity index (χ4n) is 2.95. The first-order valence-corrected chi connectivity index (χ1v) is 8.60. The molecule has 0 atom stereocenters. The Kier molecular flexibility index (Phi) is 3.92. The van der Waals surface area contributed by atoms with E-state index in [1.54, 1.807) is 17.3 Å². The molecular formula is C19H21N3O2. The third-order valence-corrected chi connectivity index (χ3v) is 4.64. The Morgan fingerprint density at radius 2 is 1.92 bits per heavy atom. The van der Waals surface area contributed by atoms with Gasteiger partial charge in [-0.1, -0.05) is 25.1 Å². The van der Waals surface area contributed by atoms with Crippen LogP contribution in [0.1, 0.15) is 47.4 Å². The number of aromatic nitrogens is 2. The number of aryl methyl sites for hydroxylation is 1. The van der Waals surface area contributed by atoms with Crippen molar-refractivity contribution >= 4 is 5.91 Å². The predicted molar refractivity (Wildman–Crippen MR) is 90.1 cm³/mol. The first kappa shape index (κ1) is 15.1. The molecule has 1 aliphatic carbocycles. The van der Waals surface area contributed by atoms with Crippen molar-refractivity contribution < 1.29 is 9.53 Å². The standard InChI is InChI=1S/C19H21N3O2/c1-2-13-5-3-4-6-17(13)24-16-11-22(12-16)19(23)15-9-20-18(21-10-15)14-7-8-14/h3-6,9-10,14,16H,2,7-8,11-12H2,1H3.